The Kier molecular flexibility index (Phi) is 31.6. The average molecular weight is 1140 g/mol. The zero-order valence-corrected chi connectivity index (χ0v) is 51.7. The number of phenols is 1. The predicted molar refractivity (Wildman–Crippen MR) is 202 cm³/mol. The number of nitrogen functional groups attached to an aromatic ring is 1. The average Bonchev–Trinajstić information content (AvgIpc) is 3.17. The standard InChI is InChI=1S/C28H29N5O23S7.5Na/c1-14-9-18(19(50-2)13-21(14)60(39,40)8-6-52-63(47,48)49)31-33-27-23(62(44,45)46)11-15-10-20(57-55-53-35)26(28(34)24(15)25(27)29)32-30-17-4-3-16(12-22(17)61(41,42)43)59(37,38)7-5-51-58-56-54-36;;;;;/h3-4,9-13,34-36H,5-8,29H2,1-2H3,(H,41,42,43)(H,44,45,46)(H,47,48,49);;;;;/q;5*+1/p-5. The molecule has 0 spiro atoms. The van der Waals surface area contributed by atoms with E-state index in [0.29, 0.717) is 12.1 Å². The monoisotopic (exact) mass is 1140 g/mol. The molecule has 40 heteroatoms. The smallest absolute Gasteiger partial charge is 0.744 e. The fourth-order valence-corrected chi connectivity index (χ4v) is 10.2. The van der Waals surface area contributed by atoms with Crippen LogP contribution in [0.2, 0.25) is 0 Å². The number of azo groups is 2. The van der Waals surface area contributed by atoms with Crippen LogP contribution in [0, 0.1) is 6.92 Å². The number of aromatic hydroxyl groups is 1. The summed E-state index contributed by atoms with van der Waals surface area (Å²) in [5.41, 5.74) is 2.60. The van der Waals surface area contributed by atoms with E-state index in [-0.39, 0.29) is 195 Å². The zero-order valence-electron chi connectivity index (χ0n) is 36.0. The maximum Gasteiger partial charge on any atom is 1.00 e. The van der Waals surface area contributed by atoms with Crippen LogP contribution in [0.5, 0.6) is 11.5 Å². The summed E-state index contributed by atoms with van der Waals surface area (Å²) in [5.74, 6) is -3.18. The van der Waals surface area contributed by atoms with E-state index in [0.717, 1.165) is 37.4 Å². The number of ether oxygens (including phenoxy) is 1. The van der Waals surface area contributed by atoms with E-state index in [4.69, 9.17) is 10.5 Å². The van der Waals surface area contributed by atoms with Crippen LogP contribution in [0.25, 0.3) is 10.8 Å². The number of benzene rings is 4. The van der Waals surface area contributed by atoms with Crippen LogP contribution >= 0.6 is 24.4 Å². The van der Waals surface area contributed by atoms with Gasteiger partial charge in [-0.05, 0) is 54.3 Å². The topological polar surface area (TPSA) is 446 Å². The van der Waals surface area contributed by atoms with Gasteiger partial charge in [-0.1, -0.05) is 0 Å². The summed E-state index contributed by atoms with van der Waals surface area (Å²) in [5, 5.41) is 52.4. The second-order valence-electron chi connectivity index (χ2n) is 11.6. The Bertz CT molecular complexity index is 3050. The number of aryl methyl sites for hydroxylation is 1. The number of methoxy groups -OCH3 is 1. The molecule has 68 heavy (non-hydrogen) atoms. The molecule has 0 aliphatic heterocycles. The molecule has 3 N–H and O–H groups in total. The van der Waals surface area contributed by atoms with E-state index in [2.05, 4.69) is 47.6 Å². The molecule has 4 rings (SSSR count). The molecule has 0 amide bonds. The third-order valence-corrected chi connectivity index (χ3v) is 14.4. The maximum atomic E-state index is 12.9. The van der Waals surface area contributed by atoms with Crippen LogP contribution in [0.15, 0.2) is 87.4 Å². The molecule has 0 bridgehead atoms. The van der Waals surface area contributed by atoms with Crippen LogP contribution in [0.1, 0.15) is 5.56 Å². The summed E-state index contributed by atoms with van der Waals surface area (Å²) in [6.07, 6.45) is 0. The summed E-state index contributed by atoms with van der Waals surface area (Å²) >= 11 is 0.00402. The number of sulfone groups is 2. The van der Waals surface area contributed by atoms with Crippen molar-refractivity contribution in [3.8, 4) is 11.5 Å². The minimum Gasteiger partial charge on any atom is -0.744 e. The van der Waals surface area contributed by atoms with Gasteiger partial charge in [0.05, 0.1) is 79.4 Å². The van der Waals surface area contributed by atoms with Crippen molar-refractivity contribution in [1.82, 2.24) is 0 Å². The van der Waals surface area contributed by atoms with Gasteiger partial charge in [0, 0.05) is 6.07 Å². The molecule has 346 valence electrons. The Labute approximate surface area is 506 Å². The number of nitrogens with two attached hydrogens (primary N) is 1. The number of anilines is 1. The van der Waals surface area contributed by atoms with E-state index in [9.17, 15) is 71.4 Å². The number of hydrogen-bond acceptors (Lipinski definition) is 30. The normalized spacial score (nSPS) is 12.2. The second kappa shape index (κ2) is 30.3. The Balaban J connectivity index is 0. The van der Waals surface area contributed by atoms with Gasteiger partial charge in [0.15, 0.2) is 37.7 Å². The first-order valence-corrected chi connectivity index (χ1v) is 24.8. The number of fused-ring (bicyclic) bond motifs is 1. The number of hydrogen-bond donors (Lipinski definition) is 2. The molecule has 0 aliphatic rings. The van der Waals surface area contributed by atoms with E-state index in [1.807, 2.05) is 0 Å². The van der Waals surface area contributed by atoms with Crippen molar-refractivity contribution in [3.05, 3.63) is 48.0 Å². The minimum absolute atomic E-state index is 0. The van der Waals surface area contributed by atoms with Crippen LogP contribution in [0.4, 0.5) is 28.4 Å². The van der Waals surface area contributed by atoms with Gasteiger partial charge in [-0.15, -0.1) is 24.8 Å². The molecule has 0 unspecified atom stereocenters. The van der Waals surface area contributed by atoms with Gasteiger partial charge in [-0.25, -0.2) is 42.1 Å². The van der Waals surface area contributed by atoms with Gasteiger partial charge in [-0.2, -0.15) is 4.33 Å². The van der Waals surface area contributed by atoms with E-state index >= 15 is 0 Å². The van der Waals surface area contributed by atoms with Gasteiger partial charge in [0.1, 0.15) is 48.7 Å². The SMILES string of the molecule is COc1cc(S(=O)(=O)CCOS(=O)(=O)[O-])c(C)cc1N=Nc1c(S(=O)(=O)[O-])cc2cc(SOO[O-])c(N=Nc3ccc(S(=O)(=O)CCOSOO[O-])cc3S(=O)(=O)[O-])c(O)c2c1N.[Na+].[Na+].[Na+].[Na+].[Na+]. The molecule has 0 aliphatic carbocycles. The van der Waals surface area contributed by atoms with Crippen LogP contribution in [-0.4, -0.2) is 92.7 Å². The Morgan fingerprint density at radius 1 is 0.676 bits per heavy atom. The predicted octanol–water partition coefficient (Wildman–Crippen LogP) is -13.8. The fraction of sp³-hybridized carbons (Fsp3) is 0.214. The zero-order chi connectivity index (χ0) is 47.1. The summed E-state index contributed by atoms with van der Waals surface area (Å²) in [6.45, 7) is -0.382. The van der Waals surface area contributed by atoms with Crippen molar-refractivity contribution in [3.63, 3.8) is 0 Å². The van der Waals surface area contributed by atoms with Gasteiger partial charge in [0.2, 0.25) is 10.4 Å². The van der Waals surface area contributed by atoms with Crippen LogP contribution in [0.3, 0.4) is 0 Å². The van der Waals surface area contributed by atoms with Crippen molar-refractivity contribution < 1.29 is 251 Å². The Morgan fingerprint density at radius 2 is 1.25 bits per heavy atom. The molecule has 0 heterocycles. The maximum absolute atomic E-state index is 12.9. The van der Waals surface area contributed by atoms with E-state index < -0.39 is 133 Å². The molecule has 4 aromatic rings. The minimum atomic E-state index is -5.54. The molecule has 0 fully saturated rings. The summed E-state index contributed by atoms with van der Waals surface area (Å²) in [4.78, 5) is -4.01. The third kappa shape index (κ3) is 19.5. The molecule has 4 aromatic carbocycles. The molecule has 0 saturated carbocycles. The van der Waals surface area contributed by atoms with Gasteiger partial charge >= 0.3 is 148 Å². The quantitative estimate of drug-likeness (QED) is 0.00849. The van der Waals surface area contributed by atoms with Crippen molar-refractivity contribution in [2.45, 2.75) is 31.4 Å². The van der Waals surface area contributed by atoms with Gasteiger partial charge in [-0.3, -0.25) is 18.4 Å². The van der Waals surface area contributed by atoms with Crippen molar-refractivity contribution in [2.75, 3.05) is 37.6 Å². The van der Waals surface area contributed by atoms with E-state index in [1.54, 1.807) is 0 Å². The molecular formula is C28H24N5Na5O23S7. The first kappa shape index (κ1) is 70.8. The van der Waals surface area contributed by atoms with Crippen LogP contribution < -0.4 is 169 Å². The molecule has 0 saturated heterocycles. The number of phenolic OH excluding ortho intramolecular Hbond substituents is 1. The van der Waals surface area contributed by atoms with E-state index in [1.165, 1.54) is 6.92 Å². The summed E-state index contributed by atoms with van der Waals surface area (Å²) in [7, 11) is -23.9. The second-order valence-corrected chi connectivity index (χ2v) is 20.8. The number of rotatable bonds is 22. The third-order valence-electron chi connectivity index (χ3n) is 7.74. The molecule has 28 nitrogen and oxygen atoms in total. The van der Waals surface area contributed by atoms with Gasteiger partial charge < -0.3 is 39.7 Å². The first-order chi connectivity index (χ1) is 29.3. The van der Waals surface area contributed by atoms with Crippen molar-refractivity contribution >= 4 is 114 Å². The summed E-state index contributed by atoms with van der Waals surface area (Å²) in [6, 6.07) is 5.56. The Morgan fingerprint density at radius 3 is 1.81 bits per heavy atom. The van der Waals surface area contributed by atoms with Crippen molar-refractivity contribution in [1.29, 1.82) is 0 Å². The van der Waals surface area contributed by atoms with Crippen molar-refractivity contribution in [2.24, 2.45) is 20.5 Å². The molecule has 0 aromatic heterocycles. The summed E-state index contributed by atoms with van der Waals surface area (Å²) < 4.78 is 180. The first-order valence-electron chi connectivity index (χ1n) is 15.9. The van der Waals surface area contributed by atoms with Gasteiger partial charge in [0.25, 0.3) is 0 Å². The van der Waals surface area contributed by atoms with Crippen LogP contribution in [-0.2, 0) is 77.4 Å². The fourth-order valence-electron chi connectivity index (χ4n) is 5.11. The molecule has 0 radical (unpaired) electrons. The Hall–Kier alpha value is 0.750. The molecular weight excluding hydrogens is 1110 g/mol. The molecule has 0 atom stereocenters. The number of nitrogens with zero attached hydrogens (tertiary/aromatic N) is 4. The largest absolute Gasteiger partial charge is 1.00 e.